The fourth-order valence-corrected chi connectivity index (χ4v) is 2.98. The number of fused-ring (bicyclic) bond motifs is 1. The standard InChI is InChI=1S/C17H22ClNO2/c1-11(2)15-9-12-8-14(18)17(10-16(12)19-15)21-7-5-13-4-3-6-20-13/h8-11,13,19H,3-7H2,1-2H3. The van der Waals surface area contributed by atoms with Gasteiger partial charge in [-0.3, -0.25) is 0 Å². The van der Waals surface area contributed by atoms with Gasteiger partial charge in [0.1, 0.15) is 5.75 Å². The number of halogens is 1. The Morgan fingerprint density at radius 1 is 1.38 bits per heavy atom. The van der Waals surface area contributed by atoms with Crippen molar-refractivity contribution in [1.82, 2.24) is 4.98 Å². The number of benzene rings is 1. The fourth-order valence-electron chi connectivity index (χ4n) is 2.75. The minimum absolute atomic E-state index is 0.352. The van der Waals surface area contributed by atoms with Gasteiger partial charge in [0, 0.05) is 35.7 Å². The molecule has 0 aliphatic carbocycles. The SMILES string of the molecule is CC(C)c1cc2cc(Cl)c(OCCC3CCCO3)cc2[nH]1. The Kier molecular flexibility index (Phi) is 4.41. The quantitative estimate of drug-likeness (QED) is 0.853. The summed E-state index contributed by atoms with van der Waals surface area (Å²) in [5.74, 6) is 1.22. The first-order valence-corrected chi connectivity index (χ1v) is 8.08. The zero-order chi connectivity index (χ0) is 14.8. The average Bonchev–Trinajstić information content (AvgIpc) is 3.07. The summed E-state index contributed by atoms with van der Waals surface area (Å²) in [6.07, 6.45) is 3.59. The second-order valence-corrected chi connectivity index (χ2v) is 6.43. The first kappa shape index (κ1) is 14.7. The molecular formula is C17H22ClNO2. The number of aromatic nitrogens is 1. The number of H-pyrrole nitrogens is 1. The van der Waals surface area contributed by atoms with Gasteiger partial charge in [-0.05, 0) is 30.9 Å². The third-order valence-electron chi connectivity index (χ3n) is 4.04. The topological polar surface area (TPSA) is 34.2 Å². The highest BCUT2D eigenvalue weighted by molar-refractivity contribution is 6.32. The van der Waals surface area contributed by atoms with Crippen LogP contribution in [0.15, 0.2) is 18.2 Å². The van der Waals surface area contributed by atoms with Crippen LogP contribution >= 0.6 is 11.6 Å². The van der Waals surface area contributed by atoms with Crippen molar-refractivity contribution < 1.29 is 9.47 Å². The third-order valence-corrected chi connectivity index (χ3v) is 4.33. The first-order valence-electron chi connectivity index (χ1n) is 7.70. The molecule has 1 aliphatic heterocycles. The van der Waals surface area contributed by atoms with Crippen molar-refractivity contribution in [3.63, 3.8) is 0 Å². The van der Waals surface area contributed by atoms with Crippen molar-refractivity contribution >= 4 is 22.5 Å². The molecule has 0 saturated carbocycles. The van der Waals surface area contributed by atoms with Crippen molar-refractivity contribution in [2.24, 2.45) is 0 Å². The van der Waals surface area contributed by atoms with E-state index in [0.717, 1.165) is 42.5 Å². The van der Waals surface area contributed by atoms with Crippen LogP contribution < -0.4 is 4.74 Å². The van der Waals surface area contributed by atoms with E-state index in [1.165, 1.54) is 5.69 Å². The normalized spacial score (nSPS) is 18.8. The molecule has 0 amide bonds. The Bertz CT molecular complexity index is 615. The van der Waals surface area contributed by atoms with E-state index >= 15 is 0 Å². The molecule has 1 unspecified atom stereocenters. The zero-order valence-electron chi connectivity index (χ0n) is 12.6. The highest BCUT2D eigenvalue weighted by atomic mass is 35.5. The van der Waals surface area contributed by atoms with Crippen LogP contribution in [0.25, 0.3) is 10.9 Å². The molecule has 2 aromatic rings. The van der Waals surface area contributed by atoms with E-state index in [0.29, 0.717) is 23.7 Å². The van der Waals surface area contributed by atoms with Gasteiger partial charge < -0.3 is 14.5 Å². The van der Waals surface area contributed by atoms with Gasteiger partial charge in [-0.1, -0.05) is 25.4 Å². The molecule has 3 rings (SSSR count). The number of rotatable bonds is 5. The summed E-state index contributed by atoms with van der Waals surface area (Å²) in [7, 11) is 0. The smallest absolute Gasteiger partial charge is 0.139 e. The summed E-state index contributed by atoms with van der Waals surface area (Å²) >= 11 is 6.32. The van der Waals surface area contributed by atoms with Crippen molar-refractivity contribution in [2.75, 3.05) is 13.2 Å². The molecule has 1 saturated heterocycles. The lowest BCUT2D eigenvalue weighted by molar-refractivity contribution is 0.0904. The molecule has 1 aliphatic rings. The summed E-state index contributed by atoms with van der Waals surface area (Å²) in [5.41, 5.74) is 2.30. The van der Waals surface area contributed by atoms with Crippen LogP contribution in [0.3, 0.4) is 0 Å². The lowest BCUT2D eigenvalue weighted by Gasteiger charge is -2.11. The number of aromatic amines is 1. The maximum atomic E-state index is 6.32. The number of ether oxygens (including phenoxy) is 2. The molecule has 21 heavy (non-hydrogen) atoms. The lowest BCUT2D eigenvalue weighted by Crippen LogP contribution is -2.10. The van der Waals surface area contributed by atoms with Crippen molar-refractivity contribution in [3.05, 3.63) is 28.9 Å². The molecule has 2 heterocycles. The Balaban J connectivity index is 1.70. The predicted octanol–water partition coefficient (Wildman–Crippen LogP) is 4.89. The average molecular weight is 308 g/mol. The van der Waals surface area contributed by atoms with Crippen molar-refractivity contribution in [2.45, 2.75) is 45.1 Å². The molecule has 0 spiro atoms. The van der Waals surface area contributed by atoms with E-state index in [2.05, 4.69) is 24.9 Å². The Morgan fingerprint density at radius 2 is 2.24 bits per heavy atom. The molecule has 3 nitrogen and oxygen atoms in total. The molecule has 1 fully saturated rings. The van der Waals surface area contributed by atoms with Crippen LogP contribution in [0.4, 0.5) is 0 Å². The second-order valence-electron chi connectivity index (χ2n) is 6.02. The van der Waals surface area contributed by atoms with E-state index in [1.807, 2.05) is 12.1 Å². The summed E-state index contributed by atoms with van der Waals surface area (Å²) in [4.78, 5) is 3.43. The molecule has 4 heteroatoms. The lowest BCUT2D eigenvalue weighted by atomic mass is 10.1. The molecule has 0 radical (unpaired) electrons. The van der Waals surface area contributed by atoms with E-state index in [4.69, 9.17) is 21.1 Å². The van der Waals surface area contributed by atoms with E-state index in [1.54, 1.807) is 0 Å². The van der Waals surface area contributed by atoms with E-state index in [9.17, 15) is 0 Å². The van der Waals surface area contributed by atoms with Crippen LogP contribution in [0.1, 0.15) is 44.7 Å². The molecule has 0 bridgehead atoms. The number of nitrogens with one attached hydrogen (secondary N) is 1. The molecule has 114 valence electrons. The van der Waals surface area contributed by atoms with Crippen LogP contribution in [-0.2, 0) is 4.74 Å². The van der Waals surface area contributed by atoms with E-state index < -0.39 is 0 Å². The van der Waals surface area contributed by atoms with Gasteiger partial charge in [0.2, 0.25) is 0 Å². The van der Waals surface area contributed by atoms with Gasteiger partial charge in [-0.2, -0.15) is 0 Å². The van der Waals surface area contributed by atoms with Crippen molar-refractivity contribution in [1.29, 1.82) is 0 Å². The van der Waals surface area contributed by atoms with Gasteiger partial charge in [-0.25, -0.2) is 0 Å². The summed E-state index contributed by atoms with van der Waals surface area (Å²) < 4.78 is 11.4. The van der Waals surface area contributed by atoms with Gasteiger partial charge >= 0.3 is 0 Å². The molecule has 1 aromatic heterocycles. The Labute approximate surface area is 130 Å². The zero-order valence-corrected chi connectivity index (χ0v) is 13.4. The second kappa shape index (κ2) is 6.29. The van der Waals surface area contributed by atoms with Crippen LogP contribution in [0.5, 0.6) is 5.75 Å². The van der Waals surface area contributed by atoms with E-state index in [-0.39, 0.29) is 0 Å². The summed E-state index contributed by atoms with van der Waals surface area (Å²) in [6.45, 7) is 5.88. The van der Waals surface area contributed by atoms with Gasteiger partial charge in [-0.15, -0.1) is 0 Å². The summed E-state index contributed by atoms with van der Waals surface area (Å²) in [6, 6.07) is 6.13. The number of hydrogen-bond donors (Lipinski definition) is 1. The van der Waals surface area contributed by atoms with Crippen molar-refractivity contribution in [3.8, 4) is 5.75 Å². The monoisotopic (exact) mass is 307 g/mol. The third kappa shape index (κ3) is 3.35. The minimum atomic E-state index is 0.352. The first-order chi connectivity index (χ1) is 10.1. The highest BCUT2D eigenvalue weighted by Crippen LogP contribution is 2.32. The van der Waals surface area contributed by atoms with Crippen LogP contribution in [0, 0.1) is 0 Å². The fraction of sp³-hybridized carbons (Fsp3) is 0.529. The maximum absolute atomic E-state index is 6.32. The Morgan fingerprint density at radius 3 is 2.95 bits per heavy atom. The maximum Gasteiger partial charge on any atom is 0.139 e. The number of hydrogen-bond acceptors (Lipinski definition) is 2. The van der Waals surface area contributed by atoms with Crippen LogP contribution in [-0.4, -0.2) is 24.3 Å². The summed E-state index contributed by atoms with van der Waals surface area (Å²) in [5, 5.41) is 1.80. The predicted molar refractivity (Wildman–Crippen MR) is 86.5 cm³/mol. The molecule has 1 N–H and O–H groups in total. The molecule has 1 atom stereocenters. The van der Waals surface area contributed by atoms with Gasteiger partial charge in [0.25, 0.3) is 0 Å². The molecule has 1 aromatic carbocycles. The van der Waals surface area contributed by atoms with Crippen LogP contribution in [0.2, 0.25) is 5.02 Å². The highest BCUT2D eigenvalue weighted by Gasteiger charge is 2.16. The van der Waals surface area contributed by atoms with Gasteiger partial charge in [0.05, 0.1) is 17.7 Å². The molecular weight excluding hydrogens is 286 g/mol. The largest absolute Gasteiger partial charge is 0.492 e. The Hall–Kier alpha value is -1.19. The van der Waals surface area contributed by atoms with Gasteiger partial charge in [0.15, 0.2) is 0 Å². The minimum Gasteiger partial charge on any atom is -0.492 e.